The third kappa shape index (κ3) is 5.08. The van der Waals surface area contributed by atoms with Crippen LogP contribution in [0.15, 0.2) is 60.9 Å². The number of benzene rings is 2. The van der Waals surface area contributed by atoms with E-state index in [1.165, 1.54) is 6.33 Å². The van der Waals surface area contributed by atoms with E-state index in [0.717, 1.165) is 37.5 Å². The van der Waals surface area contributed by atoms with Crippen LogP contribution in [0.3, 0.4) is 0 Å². The van der Waals surface area contributed by atoms with Gasteiger partial charge in [0.15, 0.2) is 11.5 Å². The van der Waals surface area contributed by atoms with Crippen molar-refractivity contribution in [2.75, 3.05) is 37.5 Å². The Morgan fingerprint density at radius 2 is 1.72 bits per heavy atom. The smallest absolute Gasteiger partial charge is 0.227 e. The Balaban J connectivity index is 1.34. The number of carbonyl (C=O) groups excluding carboxylic acids is 1. The first-order valence-corrected chi connectivity index (χ1v) is 10.5. The maximum Gasteiger partial charge on any atom is 0.227 e. The molecule has 32 heavy (non-hydrogen) atoms. The number of rotatable bonds is 7. The lowest BCUT2D eigenvalue weighted by Gasteiger charge is -2.32. The van der Waals surface area contributed by atoms with Gasteiger partial charge >= 0.3 is 0 Å². The van der Waals surface area contributed by atoms with Crippen molar-refractivity contribution in [2.45, 2.75) is 12.8 Å². The number of hydrogen-bond acceptors (Lipinski definition) is 7. The van der Waals surface area contributed by atoms with E-state index in [-0.39, 0.29) is 11.8 Å². The third-order valence-electron chi connectivity index (χ3n) is 5.43. The lowest BCUT2D eigenvalue weighted by atomic mass is 9.96. The van der Waals surface area contributed by atoms with E-state index >= 15 is 0 Å². The van der Waals surface area contributed by atoms with E-state index in [2.05, 4.69) is 20.2 Å². The summed E-state index contributed by atoms with van der Waals surface area (Å²) in [7, 11) is 3.15. The number of anilines is 2. The average molecular weight is 434 g/mol. The maximum absolute atomic E-state index is 12.8. The lowest BCUT2D eigenvalue weighted by molar-refractivity contribution is -0.120. The zero-order valence-corrected chi connectivity index (χ0v) is 18.2. The molecule has 0 radical (unpaired) electrons. The van der Waals surface area contributed by atoms with Crippen LogP contribution in [0.4, 0.5) is 11.5 Å². The number of nitrogens with one attached hydrogen (secondary N) is 1. The molecule has 1 amide bonds. The quantitative estimate of drug-likeness (QED) is 0.598. The van der Waals surface area contributed by atoms with Crippen molar-refractivity contribution in [3.05, 3.63) is 60.9 Å². The van der Waals surface area contributed by atoms with Gasteiger partial charge in [0, 0.05) is 36.8 Å². The first-order valence-electron chi connectivity index (χ1n) is 10.5. The Bertz CT molecular complexity index is 1050. The number of para-hydroxylation sites is 1. The fourth-order valence-corrected chi connectivity index (χ4v) is 3.70. The van der Waals surface area contributed by atoms with Crippen LogP contribution in [0.1, 0.15) is 12.8 Å². The summed E-state index contributed by atoms with van der Waals surface area (Å²) >= 11 is 0. The second-order valence-corrected chi connectivity index (χ2v) is 7.45. The van der Waals surface area contributed by atoms with Crippen LogP contribution in [0.2, 0.25) is 0 Å². The molecule has 166 valence electrons. The van der Waals surface area contributed by atoms with Gasteiger partial charge in [-0.25, -0.2) is 9.97 Å². The van der Waals surface area contributed by atoms with Crippen LogP contribution in [-0.4, -0.2) is 43.2 Å². The summed E-state index contributed by atoms with van der Waals surface area (Å²) in [4.78, 5) is 23.5. The predicted octanol–water partition coefficient (Wildman–Crippen LogP) is 4.14. The van der Waals surface area contributed by atoms with E-state index in [4.69, 9.17) is 14.2 Å². The molecule has 0 unspecified atom stereocenters. The van der Waals surface area contributed by atoms with E-state index in [1.807, 2.05) is 42.5 Å². The third-order valence-corrected chi connectivity index (χ3v) is 5.43. The fourth-order valence-electron chi connectivity index (χ4n) is 3.70. The van der Waals surface area contributed by atoms with Crippen LogP contribution in [0.5, 0.6) is 23.1 Å². The highest BCUT2D eigenvalue weighted by Gasteiger charge is 2.26. The molecule has 0 spiro atoms. The molecular formula is C24H26N4O4. The zero-order valence-electron chi connectivity index (χ0n) is 18.2. The normalized spacial score (nSPS) is 14.0. The molecule has 0 saturated carbocycles. The highest BCUT2D eigenvalue weighted by atomic mass is 16.5. The lowest BCUT2D eigenvalue weighted by Crippen LogP contribution is -2.38. The van der Waals surface area contributed by atoms with Gasteiger partial charge in [-0.05, 0) is 37.1 Å². The van der Waals surface area contributed by atoms with Crippen molar-refractivity contribution in [1.29, 1.82) is 0 Å². The maximum atomic E-state index is 12.8. The van der Waals surface area contributed by atoms with Gasteiger partial charge in [-0.1, -0.05) is 18.2 Å². The van der Waals surface area contributed by atoms with Crippen molar-refractivity contribution in [1.82, 2.24) is 9.97 Å². The Labute approximate surface area is 187 Å². The standard InChI is InChI=1S/C24H26N4O4/c1-30-20-9-8-18(14-21(20)31-2)27-24(29)17-10-12-28(13-11-17)22-15-23(26-16-25-22)32-19-6-4-3-5-7-19/h3-9,14-17H,10-13H2,1-2H3,(H,27,29). The summed E-state index contributed by atoms with van der Waals surface area (Å²) < 4.78 is 16.4. The van der Waals surface area contributed by atoms with Gasteiger partial charge in [0.05, 0.1) is 14.2 Å². The second kappa shape index (κ2) is 10.00. The summed E-state index contributed by atoms with van der Waals surface area (Å²) in [6.45, 7) is 1.46. The summed E-state index contributed by atoms with van der Waals surface area (Å²) in [5, 5.41) is 2.99. The molecule has 8 heteroatoms. The van der Waals surface area contributed by atoms with Gasteiger partial charge < -0.3 is 24.4 Å². The number of piperidine rings is 1. The fraction of sp³-hybridized carbons (Fsp3) is 0.292. The number of methoxy groups -OCH3 is 2. The highest BCUT2D eigenvalue weighted by Crippen LogP contribution is 2.31. The highest BCUT2D eigenvalue weighted by molar-refractivity contribution is 5.93. The molecule has 1 N–H and O–H groups in total. The van der Waals surface area contributed by atoms with Crippen molar-refractivity contribution in [3.8, 4) is 23.1 Å². The van der Waals surface area contributed by atoms with Crippen LogP contribution in [-0.2, 0) is 4.79 Å². The van der Waals surface area contributed by atoms with Crippen molar-refractivity contribution >= 4 is 17.4 Å². The van der Waals surface area contributed by atoms with Gasteiger partial charge in [0.2, 0.25) is 11.8 Å². The minimum Gasteiger partial charge on any atom is -0.493 e. The number of amides is 1. The molecule has 1 aliphatic heterocycles. The number of ether oxygens (including phenoxy) is 3. The first-order chi connectivity index (χ1) is 15.7. The van der Waals surface area contributed by atoms with E-state index in [9.17, 15) is 4.79 Å². The van der Waals surface area contributed by atoms with Gasteiger partial charge in [-0.3, -0.25) is 4.79 Å². The molecule has 4 rings (SSSR count). The molecule has 8 nitrogen and oxygen atoms in total. The Morgan fingerprint density at radius 1 is 0.969 bits per heavy atom. The molecule has 1 aliphatic rings. The summed E-state index contributed by atoms with van der Waals surface area (Å²) in [6, 6.07) is 16.7. The van der Waals surface area contributed by atoms with E-state index < -0.39 is 0 Å². The second-order valence-electron chi connectivity index (χ2n) is 7.45. The van der Waals surface area contributed by atoms with Gasteiger partial charge in [0.25, 0.3) is 0 Å². The molecule has 0 bridgehead atoms. The molecule has 1 aromatic heterocycles. The minimum atomic E-state index is -0.0683. The van der Waals surface area contributed by atoms with Crippen molar-refractivity contribution < 1.29 is 19.0 Å². The molecule has 2 heterocycles. The topological polar surface area (TPSA) is 85.8 Å². The zero-order chi connectivity index (χ0) is 22.3. The molecule has 1 fully saturated rings. The van der Waals surface area contributed by atoms with Crippen LogP contribution in [0, 0.1) is 5.92 Å². The number of aromatic nitrogens is 2. The SMILES string of the molecule is COc1ccc(NC(=O)C2CCN(c3cc(Oc4ccccc4)ncn3)CC2)cc1OC. The Hall–Kier alpha value is -3.81. The largest absolute Gasteiger partial charge is 0.493 e. The molecular weight excluding hydrogens is 408 g/mol. The summed E-state index contributed by atoms with van der Waals surface area (Å²) in [5.74, 6) is 3.16. The number of hydrogen-bond donors (Lipinski definition) is 1. The summed E-state index contributed by atoms with van der Waals surface area (Å²) in [5.41, 5.74) is 0.689. The Morgan fingerprint density at radius 3 is 2.44 bits per heavy atom. The van der Waals surface area contributed by atoms with E-state index in [0.29, 0.717) is 23.1 Å². The van der Waals surface area contributed by atoms with Crippen LogP contribution >= 0.6 is 0 Å². The Kier molecular flexibility index (Phi) is 6.69. The average Bonchev–Trinajstić information content (AvgIpc) is 2.85. The molecule has 0 aliphatic carbocycles. The number of nitrogens with zero attached hydrogens (tertiary/aromatic N) is 3. The van der Waals surface area contributed by atoms with Crippen molar-refractivity contribution in [3.63, 3.8) is 0 Å². The molecule has 2 aromatic carbocycles. The summed E-state index contributed by atoms with van der Waals surface area (Å²) in [6.07, 6.45) is 2.97. The van der Waals surface area contributed by atoms with E-state index in [1.54, 1.807) is 26.4 Å². The first kappa shape index (κ1) is 21.4. The van der Waals surface area contributed by atoms with Gasteiger partial charge in [0.1, 0.15) is 17.9 Å². The minimum absolute atomic E-state index is 0.00709. The monoisotopic (exact) mass is 434 g/mol. The van der Waals surface area contributed by atoms with Crippen LogP contribution < -0.4 is 24.4 Å². The molecule has 0 atom stereocenters. The number of carbonyl (C=O) groups is 1. The van der Waals surface area contributed by atoms with Gasteiger partial charge in [-0.15, -0.1) is 0 Å². The predicted molar refractivity (Wildman–Crippen MR) is 122 cm³/mol. The van der Waals surface area contributed by atoms with Crippen LogP contribution in [0.25, 0.3) is 0 Å². The van der Waals surface area contributed by atoms with Gasteiger partial charge in [-0.2, -0.15) is 0 Å². The molecule has 1 saturated heterocycles. The molecule has 3 aromatic rings. The van der Waals surface area contributed by atoms with Crippen molar-refractivity contribution in [2.24, 2.45) is 5.92 Å².